The summed E-state index contributed by atoms with van der Waals surface area (Å²) in [6.45, 7) is 12.3. The monoisotopic (exact) mass is 284 g/mol. The van der Waals surface area contributed by atoms with Gasteiger partial charge in [-0.1, -0.05) is 33.8 Å². The summed E-state index contributed by atoms with van der Waals surface area (Å²) in [5, 5.41) is 11.7. The van der Waals surface area contributed by atoms with Crippen molar-refractivity contribution in [3.8, 4) is 0 Å². The number of carboxylic acids is 1. The van der Waals surface area contributed by atoms with Gasteiger partial charge in [0.2, 0.25) is 0 Å². The first kappa shape index (κ1) is 18.5. The minimum atomic E-state index is -1.03. The van der Waals surface area contributed by atoms with Crippen LogP contribution in [-0.4, -0.2) is 40.6 Å². The number of carbonyl (C=O) groups excluding carboxylic acids is 1. The van der Waals surface area contributed by atoms with Gasteiger partial charge < -0.3 is 15.3 Å². The number of hydrogen-bond acceptors (Lipinski definition) is 2. The Hall–Kier alpha value is -1.52. The van der Waals surface area contributed by atoms with Crippen LogP contribution < -0.4 is 5.32 Å². The molecule has 5 heteroatoms. The number of carbonyl (C=O) groups is 2. The molecule has 1 atom stereocenters. The highest BCUT2D eigenvalue weighted by Gasteiger charge is 2.26. The Bertz CT molecular complexity index is 325. The van der Waals surface area contributed by atoms with Crippen molar-refractivity contribution in [2.24, 2.45) is 5.92 Å². The van der Waals surface area contributed by atoms with Crippen LogP contribution in [0.3, 0.4) is 0 Å². The first-order valence-corrected chi connectivity index (χ1v) is 7.28. The maximum absolute atomic E-state index is 12.3. The zero-order valence-electron chi connectivity index (χ0n) is 13.1. The van der Waals surface area contributed by atoms with E-state index < -0.39 is 12.0 Å². The Morgan fingerprint density at radius 1 is 1.30 bits per heavy atom. The van der Waals surface area contributed by atoms with Crippen molar-refractivity contribution in [3.63, 3.8) is 0 Å². The second-order valence-corrected chi connectivity index (χ2v) is 5.38. The standard InChI is InChI=1S/C15H28N2O3/c1-6-9-13(14(18)19)16-15(20)17(10-11(4)5)12(7-2)8-3/h6,11-13H,1,7-10H2,2-5H3,(H,16,20)(H,18,19). The number of rotatable bonds is 9. The molecule has 0 fully saturated rings. The Morgan fingerprint density at radius 2 is 1.85 bits per heavy atom. The first-order valence-electron chi connectivity index (χ1n) is 7.28. The molecule has 2 amide bonds. The average molecular weight is 284 g/mol. The van der Waals surface area contributed by atoms with Gasteiger partial charge in [-0.05, 0) is 25.2 Å². The van der Waals surface area contributed by atoms with E-state index in [2.05, 4.69) is 11.9 Å². The minimum absolute atomic E-state index is 0.135. The fourth-order valence-corrected chi connectivity index (χ4v) is 2.14. The molecule has 0 saturated heterocycles. The molecule has 20 heavy (non-hydrogen) atoms. The second-order valence-electron chi connectivity index (χ2n) is 5.38. The quantitative estimate of drug-likeness (QED) is 0.640. The molecule has 0 aliphatic rings. The molecule has 0 aliphatic carbocycles. The summed E-state index contributed by atoms with van der Waals surface area (Å²) in [5.41, 5.74) is 0. The lowest BCUT2D eigenvalue weighted by Crippen LogP contribution is -2.52. The lowest BCUT2D eigenvalue weighted by Gasteiger charge is -2.33. The van der Waals surface area contributed by atoms with Gasteiger partial charge >= 0.3 is 12.0 Å². The fraction of sp³-hybridized carbons (Fsp3) is 0.733. The van der Waals surface area contributed by atoms with E-state index in [4.69, 9.17) is 5.11 Å². The summed E-state index contributed by atoms with van der Waals surface area (Å²) in [5.74, 6) is -0.698. The van der Waals surface area contributed by atoms with E-state index in [0.29, 0.717) is 12.5 Å². The number of amides is 2. The number of aliphatic carboxylic acids is 1. The van der Waals surface area contributed by atoms with Crippen molar-refractivity contribution in [1.29, 1.82) is 0 Å². The van der Waals surface area contributed by atoms with Crippen LogP contribution >= 0.6 is 0 Å². The molecular formula is C15H28N2O3. The number of nitrogens with zero attached hydrogens (tertiary/aromatic N) is 1. The zero-order chi connectivity index (χ0) is 15.7. The number of nitrogens with one attached hydrogen (secondary N) is 1. The normalized spacial score (nSPS) is 12.3. The Kier molecular flexibility index (Phi) is 8.68. The SMILES string of the molecule is C=CCC(NC(=O)N(CC(C)C)C(CC)CC)C(=O)O. The summed E-state index contributed by atoms with van der Waals surface area (Å²) < 4.78 is 0. The number of carboxylic acid groups (broad SMARTS) is 1. The van der Waals surface area contributed by atoms with Gasteiger partial charge in [-0.2, -0.15) is 0 Å². The number of hydrogen-bond donors (Lipinski definition) is 2. The van der Waals surface area contributed by atoms with E-state index >= 15 is 0 Å². The minimum Gasteiger partial charge on any atom is -0.480 e. The van der Waals surface area contributed by atoms with Gasteiger partial charge in [0.05, 0.1) is 0 Å². The highest BCUT2D eigenvalue weighted by atomic mass is 16.4. The van der Waals surface area contributed by atoms with Crippen LogP contribution in [0, 0.1) is 5.92 Å². The van der Waals surface area contributed by atoms with E-state index in [-0.39, 0.29) is 18.5 Å². The maximum atomic E-state index is 12.3. The molecule has 116 valence electrons. The molecule has 0 saturated carbocycles. The van der Waals surface area contributed by atoms with E-state index in [0.717, 1.165) is 12.8 Å². The van der Waals surface area contributed by atoms with Gasteiger partial charge in [0, 0.05) is 12.6 Å². The number of urea groups is 1. The largest absolute Gasteiger partial charge is 0.480 e. The summed E-state index contributed by atoms with van der Waals surface area (Å²) in [6.07, 6.45) is 3.44. The van der Waals surface area contributed by atoms with Gasteiger partial charge in [0.1, 0.15) is 6.04 Å². The molecule has 0 rings (SSSR count). The summed E-state index contributed by atoms with van der Waals surface area (Å²) in [7, 11) is 0. The molecule has 0 spiro atoms. The van der Waals surface area contributed by atoms with Crippen LogP contribution in [0.1, 0.15) is 47.0 Å². The third-order valence-electron chi connectivity index (χ3n) is 3.20. The Labute approximate surface area is 122 Å². The van der Waals surface area contributed by atoms with Gasteiger partial charge in [-0.3, -0.25) is 0 Å². The molecule has 2 N–H and O–H groups in total. The second kappa shape index (κ2) is 9.39. The van der Waals surface area contributed by atoms with Crippen molar-refractivity contribution in [2.45, 2.75) is 59.0 Å². The van der Waals surface area contributed by atoms with Crippen molar-refractivity contribution >= 4 is 12.0 Å². The zero-order valence-corrected chi connectivity index (χ0v) is 13.1. The third-order valence-corrected chi connectivity index (χ3v) is 3.20. The predicted molar refractivity (Wildman–Crippen MR) is 80.7 cm³/mol. The Morgan fingerprint density at radius 3 is 2.20 bits per heavy atom. The third kappa shape index (κ3) is 6.08. The molecule has 1 unspecified atom stereocenters. The topological polar surface area (TPSA) is 69.6 Å². The molecule has 0 heterocycles. The van der Waals surface area contributed by atoms with Crippen molar-refractivity contribution in [2.75, 3.05) is 6.54 Å². The van der Waals surface area contributed by atoms with Gasteiger partial charge in [-0.15, -0.1) is 6.58 Å². The summed E-state index contributed by atoms with van der Waals surface area (Å²) in [6, 6.07) is -1.08. The summed E-state index contributed by atoms with van der Waals surface area (Å²) in [4.78, 5) is 25.2. The van der Waals surface area contributed by atoms with Crippen LogP contribution in [-0.2, 0) is 4.79 Å². The van der Waals surface area contributed by atoms with Crippen LogP contribution in [0.25, 0.3) is 0 Å². The molecule has 0 radical (unpaired) electrons. The molecule has 0 bridgehead atoms. The van der Waals surface area contributed by atoms with E-state index in [1.807, 2.05) is 27.7 Å². The molecular weight excluding hydrogens is 256 g/mol. The van der Waals surface area contributed by atoms with Gasteiger partial charge in [0.25, 0.3) is 0 Å². The molecule has 0 aromatic carbocycles. The smallest absolute Gasteiger partial charge is 0.326 e. The van der Waals surface area contributed by atoms with E-state index in [1.54, 1.807) is 4.90 Å². The van der Waals surface area contributed by atoms with Crippen LogP contribution in [0.15, 0.2) is 12.7 Å². The van der Waals surface area contributed by atoms with Crippen LogP contribution in [0.2, 0.25) is 0 Å². The summed E-state index contributed by atoms with van der Waals surface area (Å²) >= 11 is 0. The maximum Gasteiger partial charge on any atom is 0.326 e. The average Bonchev–Trinajstić information content (AvgIpc) is 2.37. The van der Waals surface area contributed by atoms with E-state index in [1.165, 1.54) is 6.08 Å². The Balaban J connectivity index is 4.92. The first-order chi connectivity index (χ1) is 9.37. The fourth-order valence-electron chi connectivity index (χ4n) is 2.14. The van der Waals surface area contributed by atoms with Crippen molar-refractivity contribution in [1.82, 2.24) is 10.2 Å². The van der Waals surface area contributed by atoms with Crippen molar-refractivity contribution in [3.05, 3.63) is 12.7 Å². The van der Waals surface area contributed by atoms with Gasteiger partial charge in [0.15, 0.2) is 0 Å². The highest BCUT2D eigenvalue weighted by Crippen LogP contribution is 2.12. The molecule has 0 aromatic heterocycles. The lowest BCUT2D eigenvalue weighted by molar-refractivity contribution is -0.139. The van der Waals surface area contributed by atoms with Crippen LogP contribution in [0.5, 0.6) is 0 Å². The predicted octanol–water partition coefficient (Wildman–Crippen LogP) is 2.87. The van der Waals surface area contributed by atoms with E-state index in [9.17, 15) is 9.59 Å². The highest BCUT2D eigenvalue weighted by molar-refractivity contribution is 5.82. The molecule has 0 aromatic rings. The lowest BCUT2D eigenvalue weighted by atomic mass is 10.1. The molecule has 5 nitrogen and oxygen atoms in total. The van der Waals surface area contributed by atoms with Crippen LogP contribution in [0.4, 0.5) is 4.79 Å². The van der Waals surface area contributed by atoms with Crippen molar-refractivity contribution < 1.29 is 14.7 Å². The molecule has 0 aliphatic heterocycles. The van der Waals surface area contributed by atoms with Gasteiger partial charge in [-0.25, -0.2) is 9.59 Å².